The fraction of sp³-hybridized carbons (Fsp3) is 0.455. The Hall–Kier alpha value is -2.18. The molecule has 0 N–H and O–H groups in total. The van der Waals surface area contributed by atoms with Gasteiger partial charge in [-0.1, -0.05) is 0 Å². The van der Waals surface area contributed by atoms with E-state index in [0.29, 0.717) is 12.2 Å². The summed E-state index contributed by atoms with van der Waals surface area (Å²) in [4.78, 5) is 19.9. The number of esters is 1. The average Bonchev–Trinajstić information content (AvgIpc) is 2.97. The van der Waals surface area contributed by atoms with E-state index >= 15 is 0 Å². The van der Waals surface area contributed by atoms with Gasteiger partial charge in [0.15, 0.2) is 0 Å². The van der Waals surface area contributed by atoms with Crippen molar-refractivity contribution in [1.29, 1.82) is 0 Å². The number of hydrogen-bond acceptors (Lipinski definition) is 5. The van der Waals surface area contributed by atoms with Gasteiger partial charge in [-0.05, 0) is 13.8 Å². The summed E-state index contributed by atoms with van der Waals surface area (Å²) in [5, 5.41) is 4.10. The second-order valence-corrected chi connectivity index (χ2v) is 3.76. The molecule has 0 spiro atoms. The Labute approximate surface area is 104 Å². The van der Waals surface area contributed by atoms with Crippen LogP contribution in [0.2, 0.25) is 0 Å². The fourth-order valence-corrected chi connectivity index (χ4v) is 1.75. The Kier molecular flexibility index (Phi) is 3.40. The first-order valence-electron chi connectivity index (χ1n) is 5.64. The van der Waals surface area contributed by atoms with Gasteiger partial charge in [0.2, 0.25) is 0 Å². The normalized spacial score (nSPS) is 10.6. The zero-order chi connectivity index (χ0) is 13.1. The van der Waals surface area contributed by atoms with Crippen LogP contribution in [0.25, 0.3) is 0 Å². The molecule has 18 heavy (non-hydrogen) atoms. The lowest BCUT2D eigenvalue weighted by molar-refractivity contribution is 0.0588. The molecule has 0 unspecified atom stereocenters. The molecule has 7 heteroatoms. The Balaban J connectivity index is 2.34. The predicted molar refractivity (Wildman–Crippen MR) is 63.1 cm³/mol. The number of aromatic nitrogens is 5. The molecule has 0 aromatic carbocycles. The summed E-state index contributed by atoms with van der Waals surface area (Å²) in [6.07, 6.45) is 3.01. The van der Waals surface area contributed by atoms with Crippen molar-refractivity contribution in [3.63, 3.8) is 0 Å². The van der Waals surface area contributed by atoms with E-state index in [1.807, 2.05) is 13.8 Å². The SMILES string of the molecule is CCn1ncnc1Cn1c(C(=O)OC)cnc1C. The third-order valence-corrected chi connectivity index (χ3v) is 2.74. The van der Waals surface area contributed by atoms with Gasteiger partial charge in [0.1, 0.15) is 23.7 Å². The van der Waals surface area contributed by atoms with Crippen molar-refractivity contribution in [3.8, 4) is 0 Å². The van der Waals surface area contributed by atoms with E-state index < -0.39 is 5.97 Å². The minimum atomic E-state index is -0.404. The van der Waals surface area contributed by atoms with E-state index in [-0.39, 0.29) is 0 Å². The largest absolute Gasteiger partial charge is 0.464 e. The van der Waals surface area contributed by atoms with E-state index in [4.69, 9.17) is 4.74 Å². The fourth-order valence-electron chi connectivity index (χ4n) is 1.75. The van der Waals surface area contributed by atoms with Crippen LogP contribution in [-0.4, -0.2) is 37.4 Å². The first-order chi connectivity index (χ1) is 8.67. The molecule has 2 heterocycles. The van der Waals surface area contributed by atoms with Gasteiger partial charge >= 0.3 is 5.97 Å². The van der Waals surface area contributed by atoms with Crippen molar-refractivity contribution in [3.05, 3.63) is 29.9 Å². The van der Waals surface area contributed by atoms with Gasteiger partial charge in [-0.25, -0.2) is 19.4 Å². The Morgan fingerprint density at radius 2 is 2.22 bits per heavy atom. The van der Waals surface area contributed by atoms with Crippen LogP contribution in [0.1, 0.15) is 29.1 Å². The highest BCUT2D eigenvalue weighted by Crippen LogP contribution is 2.09. The highest BCUT2D eigenvalue weighted by Gasteiger charge is 2.16. The molecular weight excluding hydrogens is 234 g/mol. The molecule has 7 nitrogen and oxygen atoms in total. The number of carbonyl (C=O) groups excluding carboxylic acids is 1. The molecular formula is C11H15N5O2. The zero-order valence-corrected chi connectivity index (χ0v) is 10.6. The second kappa shape index (κ2) is 4.99. The van der Waals surface area contributed by atoms with E-state index in [1.165, 1.54) is 19.6 Å². The van der Waals surface area contributed by atoms with Crippen molar-refractivity contribution in [1.82, 2.24) is 24.3 Å². The number of hydrogen-bond donors (Lipinski definition) is 0. The molecule has 0 radical (unpaired) electrons. The van der Waals surface area contributed by atoms with Gasteiger partial charge in [-0.3, -0.25) is 0 Å². The maximum absolute atomic E-state index is 11.6. The first-order valence-corrected chi connectivity index (χ1v) is 5.64. The van der Waals surface area contributed by atoms with Crippen LogP contribution in [0, 0.1) is 6.92 Å². The number of methoxy groups -OCH3 is 1. The number of rotatable bonds is 4. The Morgan fingerprint density at radius 3 is 2.89 bits per heavy atom. The maximum Gasteiger partial charge on any atom is 0.356 e. The highest BCUT2D eigenvalue weighted by molar-refractivity contribution is 5.87. The van der Waals surface area contributed by atoms with Crippen LogP contribution in [0.15, 0.2) is 12.5 Å². The lowest BCUT2D eigenvalue weighted by Crippen LogP contribution is -2.15. The third-order valence-electron chi connectivity index (χ3n) is 2.74. The quantitative estimate of drug-likeness (QED) is 0.743. The van der Waals surface area contributed by atoms with Crippen LogP contribution in [0.4, 0.5) is 0 Å². The summed E-state index contributed by atoms with van der Waals surface area (Å²) in [6.45, 7) is 5.00. The zero-order valence-electron chi connectivity index (χ0n) is 10.6. The van der Waals surface area contributed by atoms with Gasteiger partial charge < -0.3 is 9.30 Å². The Bertz CT molecular complexity index is 558. The van der Waals surface area contributed by atoms with Crippen molar-refractivity contribution >= 4 is 5.97 Å². The molecule has 0 fully saturated rings. The number of aryl methyl sites for hydroxylation is 2. The number of nitrogens with zero attached hydrogens (tertiary/aromatic N) is 5. The smallest absolute Gasteiger partial charge is 0.356 e. The van der Waals surface area contributed by atoms with E-state index in [9.17, 15) is 4.79 Å². The maximum atomic E-state index is 11.6. The number of imidazole rings is 1. The molecule has 0 amide bonds. The summed E-state index contributed by atoms with van der Waals surface area (Å²) in [7, 11) is 1.35. The minimum absolute atomic E-state index is 0.404. The summed E-state index contributed by atoms with van der Waals surface area (Å²) in [6, 6.07) is 0. The summed E-state index contributed by atoms with van der Waals surface area (Å²) in [5.41, 5.74) is 0.417. The third kappa shape index (κ3) is 2.11. The van der Waals surface area contributed by atoms with Crippen molar-refractivity contribution < 1.29 is 9.53 Å². The van der Waals surface area contributed by atoms with Crippen LogP contribution in [-0.2, 0) is 17.8 Å². The summed E-state index contributed by atoms with van der Waals surface area (Å²) < 4.78 is 8.27. The van der Waals surface area contributed by atoms with Gasteiger partial charge in [-0.2, -0.15) is 5.10 Å². The van der Waals surface area contributed by atoms with E-state index in [2.05, 4.69) is 15.1 Å². The van der Waals surface area contributed by atoms with Crippen LogP contribution < -0.4 is 0 Å². The van der Waals surface area contributed by atoms with Gasteiger partial charge in [-0.15, -0.1) is 0 Å². The summed E-state index contributed by atoms with van der Waals surface area (Å²) in [5.74, 6) is 1.11. The molecule has 2 rings (SSSR count). The second-order valence-electron chi connectivity index (χ2n) is 3.76. The highest BCUT2D eigenvalue weighted by atomic mass is 16.5. The van der Waals surface area contributed by atoms with E-state index in [1.54, 1.807) is 9.25 Å². The van der Waals surface area contributed by atoms with Crippen LogP contribution in [0.3, 0.4) is 0 Å². The lowest BCUT2D eigenvalue weighted by Gasteiger charge is -2.09. The lowest BCUT2D eigenvalue weighted by atomic mass is 10.4. The molecule has 2 aromatic heterocycles. The van der Waals surface area contributed by atoms with E-state index in [0.717, 1.165) is 18.2 Å². The predicted octanol–water partition coefficient (Wildman–Crippen LogP) is 0.638. The first kappa shape index (κ1) is 12.3. The van der Waals surface area contributed by atoms with Gasteiger partial charge in [0.05, 0.1) is 19.9 Å². The monoisotopic (exact) mass is 249 g/mol. The molecule has 0 aliphatic heterocycles. The molecule has 0 saturated heterocycles. The number of ether oxygens (including phenoxy) is 1. The molecule has 96 valence electrons. The minimum Gasteiger partial charge on any atom is -0.464 e. The molecule has 0 aliphatic rings. The average molecular weight is 249 g/mol. The van der Waals surface area contributed by atoms with Crippen LogP contribution in [0.5, 0.6) is 0 Å². The van der Waals surface area contributed by atoms with Crippen LogP contribution >= 0.6 is 0 Å². The molecule has 0 aliphatic carbocycles. The topological polar surface area (TPSA) is 74.8 Å². The molecule has 0 bridgehead atoms. The van der Waals surface area contributed by atoms with Crippen molar-refractivity contribution in [2.75, 3.05) is 7.11 Å². The van der Waals surface area contributed by atoms with Gasteiger partial charge in [0.25, 0.3) is 0 Å². The van der Waals surface area contributed by atoms with Gasteiger partial charge in [0, 0.05) is 6.54 Å². The standard InChI is InChI=1S/C11H15N5O2/c1-4-16-10(13-7-14-16)6-15-8(2)12-5-9(15)11(17)18-3/h5,7H,4,6H2,1-3H3. The molecule has 2 aromatic rings. The molecule has 0 atom stereocenters. The Morgan fingerprint density at radius 1 is 1.44 bits per heavy atom. The number of carbonyl (C=O) groups is 1. The van der Waals surface area contributed by atoms with Crippen molar-refractivity contribution in [2.24, 2.45) is 0 Å². The van der Waals surface area contributed by atoms with Crippen molar-refractivity contribution in [2.45, 2.75) is 26.9 Å². The molecule has 0 saturated carbocycles. The summed E-state index contributed by atoms with van der Waals surface area (Å²) >= 11 is 0.